The molecule has 0 aliphatic rings. The second-order valence-corrected chi connectivity index (χ2v) is 7.87. The number of hydrogen-bond donors (Lipinski definition) is 2. The number of aliphatic hydroxyl groups excluding tert-OH is 1. The summed E-state index contributed by atoms with van der Waals surface area (Å²) in [5.74, 6) is -3.00. The predicted molar refractivity (Wildman–Crippen MR) is 135 cm³/mol. The van der Waals surface area contributed by atoms with Crippen molar-refractivity contribution in [1.29, 1.82) is 0 Å². The maximum absolute atomic E-state index is 12.7. The summed E-state index contributed by atoms with van der Waals surface area (Å²) >= 11 is 0. The van der Waals surface area contributed by atoms with Gasteiger partial charge in [0.1, 0.15) is 5.76 Å². The molecule has 0 saturated heterocycles. The first-order valence-electron chi connectivity index (χ1n) is 12.1. The van der Waals surface area contributed by atoms with Crippen LogP contribution >= 0.6 is 0 Å². The Balaban J connectivity index is 2.36. The second kappa shape index (κ2) is 14.6. The minimum Gasteiger partial charge on any atom is -0.456 e. The van der Waals surface area contributed by atoms with Gasteiger partial charge in [0.25, 0.3) is 0 Å². The Morgan fingerprint density at radius 3 is 2.19 bits per heavy atom. The topological polar surface area (TPSA) is 141 Å². The summed E-state index contributed by atoms with van der Waals surface area (Å²) in [5.41, 5.74) is 1.65. The van der Waals surface area contributed by atoms with Gasteiger partial charge in [-0.1, -0.05) is 39.0 Å². The number of esters is 4. The molecule has 0 aliphatic carbocycles. The van der Waals surface area contributed by atoms with E-state index in [1.165, 1.54) is 19.1 Å². The molecule has 3 atom stereocenters. The molecule has 0 amide bonds. The molecular weight excluding hydrogens is 482 g/mol. The van der Waals surface area contributed by atoms with E-state index >= 15 is 0 Å². The summed E-state index contributed by atoms with van der Waals surface area (Å²) in [6.07, 6.45) is 1.47. The number of allylic oxidation sites excluding steroid dienone is 1. The van der Waals surface area contributed by atoms with Crippen molar-refractivity contribution in [1.82, 2.24) is 4.98 Å². The summed E-state index contributed by atoms with van der Waals surface area (Å²) in [5, 5.41) is 10.8. The normalized spacial score (nSPS) is 14.1. The summed E-state index contributed by atoms with van der Waals surface area (Å²) in [4.78, 5) is 52.3. The lowest BCUT2D eigenvalue weighted by Crippen LogP contribution is -2.48. The van der Waals surface area contributed by atoms with Gasteiger partial charge in [-0.15, -0.1) is 0 Å². The molecule has 2 rings (SSSR count). The van der Waals surface area contributed by atoms with Crippen LogP contribution in [0.4, 0.5) is 0 Å². The van der Waals surface area contributed by atoms with Crippen LogP contribution in [0.5, 0.6) is 0 Å². The van der Waals surface area contributed by atoms with Gasteiger partial charge >= 0.3 is 23.9 Å². The van der Waals surface area contributed by atoms with Crippen molar-refractivity contribution in [2.24, 2.45) is 0 Å². The van der Waals surface area contributed by atoms with Crippen molar-refractivity contribution in [3.05, 3.63) is 53.9 Å². The van der Waals surface area contributed by atoms with Gasteiger partial charge in [-0.3, -0.25) is 14.4 Å². The van der Waals surface area contributed by atoms with E-state index in [4.69, 9.17) is 18.9 Å². The first-order chi connectivity index (χ1) is 17.8. The van der Waals surface area contributed by atoms with Gasteiger partial charge in [0, 0.05) is 48.0 Å². The molecule has 0 fully saturated rings. The second-order valence-electron chi connectivity index (χ2n) is 7.87. The fourth-order valence-corrected chi connectivity index (χ4v) is 3.36. The maximum atomic E-state index is 12.7. The highest BCUT2D eigenvalue weighted by atomic mass is 16.6. The van der Waals surface area contributed by atoms with Crippen LogP contribution in [0.1, 0.15) is 52.5 Å². The third-order valence-corrected chi connectivity index (χ3v) is 5.32. The van der Waals surface area contributed by atoms with E-state index in [0.717, 1.165) is 16.5 Å². The monoisotopic (exact) mass is 515 g/mol. The Labute approximate surface area is 215 Å². The highest BCUT2D eigenvalue weighted by Crippen LogP contribution is 2.23. The molecule has 200 valence electrons. The zero-order valence-electron chi connectivity index (χ0n) is 21.4. The van der Waals surface area contributed by atoms with E-state index in [1.807, 2.05) is 24.3 Å². The molecule has 1 aromatic heterocycles. The van der Waals surface area contributed by atoms with Gasteiger partial charge in [-0.05, 0) is 25.1 Å². The van der Waals surface area contributed by atoms with Crippen LogP contribution in [0.15, 0.2) is 48.4 Å². The van der Waals surface area contributed by atoms with Gasteiger partial charge in [0.15, 0.2) is 18.3 Å². The molecule has 37 heavy (non-hydrogen) atoms. The quantitative estimate of drug-likeness (QED) is 0.177. The fourth-order valence-electron chi connectivity index (χ4n) is 3.36. The Kier molecular flexibility index (Phi) is 11.6. The van der Waals surface area contributed by atoms with E-state index in [-0.39, 0.29) is 25.0 Å². The molecule has 0 unspecified atom stereocenters. The van der Waals surface area contributed by atoms with Crippen LogP contribution < -0.4 is 0 Å². The van der Waals surface area contributed by atoms with Crippen LogP contribution in [-0.2, 0) is 38.1 Å². The summed E-state index contributed by atoms with van der Waals surface area (Å²) in [7, 11) is 0. The average Bonchev–Trinajstić information content (AvgIpc) is 3.33. The van der Waals surface area contributed by atoms with Gasteiger partial charge in [-0.25, -0.2) is 4.79 Å². The molecule has 0 radical (unpaired) electrons. The van der Waals surface area contributed by atoms with Crippen LogP contribution in [0, 0.1) is 0 Å². The van der Waals surface area contributed by atoms with E-state index in [0.29, 0.717) is 0 Å². The number of H-pyrrole nitrogens is 1. The number of aliphatic hydroxyl groups is 1. The molecular formula is C27H33NO9. The number of nitrogens with one attached hydrogen (secondary N) is 1. The summed E-state index contributed by atoms with van der Waals surface area (Å²) in [6.45, 7) is 5.45. The number of carbonyl (C=O) groups is 4. The Morgan fingerprint density at radius 2 is 1.57 bits per heavy atom. The zero-order valence-corrected chi connectivity index (χ0v) is 21.4. The standard InChI is InChI=1S/C27H33NO9/c1-5-20(34-25(33)14-13-17-15-28-19-12-10-9-11-18(17)19)26(36-23(31)7-3)27(37-24(32)8-4)21(16-29)35-22(30)6-2/h5,9-15,21,26-29H,6-8,16H2,1-4H3/b14-13+,20-5-/t21-,26+,27+/m1/s1. The lowest BCUT2D eigenvalue weighted by Gasteiger charge is -2.32. The molecule has 0 saturated carbocycles. The van der Waals surface area contributed by atoms with Gasteiger partial charge < -0.3 is 29.0 Å². The van der Waals surface area contributed by atoms with Crippen LogP contribution in [0.25, 0.3) is 17.0 Å². The van der Waals surface area contributed by atoms with Gasteiger partial charge in [-0.2, -0.15) is 0 Å². The molecule has 10 nitrogen and oxygen atoms in total. The van der Waals surface area contributed by atoms with Crippen molar-refractivity contribution in [3.8, 4) is 0 Å². The van der Waals surface area contributed by atoms with Gasteiger partial charge in [0.2, 0.25) is 0 Å². The number of fused-ring (bicyclic) bond motifs is 1. The largest absolute Gasteiger partial charge is 0.456 e. The van der Waals surface area contributed by atoms with Crippen molar-refractivity contribution in [2.75, 3.05) is 6.61 Å². The number of rotatable bonds is 13. The third-order valence-electron chi connectivity index (χ3n) is 5.32. The van der Waals surface area contributed by atoms with Crippen LogP contribution in [-0.4, -0.2) is 58.9 Å². The summed E-state index contributed by atoms with van der Waals surface area (Å²) in [6, 6.07) is 7.55. The molecule has 1 aromatic carbocycles. The zero-order chi connectivity index (χ0) is 27.4. The summed E-state index contributed by atoms with van der Waals surface area (Å²) < 4.78 is 21.6. The lowest BCUT2D eigenvalue weighted by atomic mass is 10.0. The fraction of sp³-hybridized carbons (Fsp3) is 0.407. The molecule has 2 aromatic rings. The minimum absolute atomic E-state index is 0.00551. The Bertz CT molecular complexity index is 1150. The maximum Gasteiger partial charge on any atom is 0.335 e. The highest BCUT2D eigenvalue weighted by molar-refractivity contribution is 5.94. The van der Waals surface area contributed by atoms with Crippen molar-refractivity contribution in [2.45, 2.75) is 65.3 Å². The van der Waals surface area contributed by atoms with E-state index in [9.17, 15) is 24.3 Å². The number of hydrogen-bond acceptors (Lipinski definition) is 9. The molecule has 10 heteroatoms. The minimum atomic E-state index is -1.47. The molecule has 0 spiro atoms. The number of benzene rings is 1. The van der Waals surface area contributed by atoms with Crippen molar-refractivity contribution >= 4 is 40.9 Å². The van der Waals surface area contributed by atoms with Gasteiger partial charge in [0.05, 0.1) is 6.61 Å². The van der Waals surface area contributed by atoms with E-state index in [1.54, 1.807) is 33.0 Å². The number of para-hydroxylation sites is 1. The van der Waals surface area contributed by atoms with Crippen LogP contribution in [0.2, 0.25) is 0 Å². The predicted octanol–water partition coefficient (Wildman–Crippen LogP) is 3.59. The first-order valence-corrected chi connectivity index (χ1v) is 12.1. The van der Waals surface area contributed by atoms with E-state index < -0.39 is 48.8 Å². The third kappa shape index (κ3) is 8.32. The van der Waals surface area contributed by atoms with Crippen molar-refractivity contribution < 1.29 is 43.2 Å². The SMILES string of the molecule is C/C=C(\OC(=O)/C=C/c1c[nH]c2ccccc12)[C@H](OC(=O)CC)[C@@H](OC(=O)CC)[C@@H](CO)OC(=O)CC. The Morgan fingerprint density at radius 1 is 0.946 bits per heavy atom. The number of aromatic nitrogens is 1. The first kappa shape index (κ1) is 29.3. The van der Waals surface area contributed by atoms with Crippen LogP contribution in [0.3, 0.4) is 0 Å². The molecule has 0 bridgehead atoms. The smallest absolute Gasteiger partial charge is 0.335 e. The Hall–Kier alpha value is -3.92. The number of aromatic amines is 1. The molecule has 1 heterocycles. The average molecular weight is 516 g/mol. The molecule has 2 N–H and O–H groups in total. The van der Waals surface area contributed by atoms with E-state index in [2.05, 4.69) is 4.98 Å². The number of ether oxygens (including phenoxy) is 4. The van der Waals surface area contributed by atoms with Crippen molar-refractivity contribution in [3.63, 3.8) is 0 Å². The lowest BCUT2D eigenvalue weighted by molar-refractivity contribution is -0.188. The molecule has 0 aliphatic heterocycles. The number of carbonyl (C=O) groups excluding carboxylic acids is 4. The highest BCUT2D eigenvalue weighted by Gasteiger charge is 2.41.